The Morgan fingerprint density at radius 2 is 2.04 bits per heavy atom. The van der Waals surface area contributed by atoms with Crippen molar-refractivity contribution in [2.45, 2.75) is 30.2 Å². The lowest BCUT2D eigenvalue weighted by atomic mass is 9.86. The summed E-state index contributed by atoms with van der Waals surface area (Å²) in [5.41, 5.74) is 0.640. The number of likely N-dealkylation sites (N-methyl/N-ethyl adjacent to an activating group) is 1. The van der Waals surface area contributed by atoms with Gasteiger partial charge in [-0.25, -0.2) is 13.4 Å². The Kier molecular flexibility index (Phi) is 4.13. The van der Waals surface area contributed by atoms with E-state index in [9.17, 15) is 13.2 Å². The molecule has 144 valence electrons. The number of hydrogen-bond acceptors (Lipinski definition) is 5. The number of piperazine rings is 1. The van der Waals surface area contributed by atoms with Crippen molar-refractivity contribution in [3.05, 3.63) is 42.0 Å². The first-order chi connectivity index (χ1) is 12.7. The third kappa shape index (κ3) is 2.86. The highest BCUT2D eigenvalue weighted by atomic mass is 32.2. The first kappa shape index (κ1) is 18.1. The second kappa shape index (κ2) is 6.15. The maximum Gasteiger partial charge on any atom is 0.243 e. The molecule has 2 aliphatic heterocycles. The molecule has 1 fully saturated rings. The van der Waals surface area contributed by atoms with Crippen LogP contribution in [0, 0.1) is 0 Å². The van der Waals surface area contributed by atoms with Gasteiger partial charge in [-0.15, -0.1) is 0 Å². The van der Waals surface area contributed by atoms with Gasteiger partial charge in [-0.2, -0.15) is 4.31 Å². The van der Waals surface area contributed by atoms with Gasteiger partial charge in [-0.1, -0.05) is 0 Å². The molecule has 1 saturated heterocycles. The molecular formula is C18H23N5O3S. The third-order valence-corrected chi connectivity index (χ3v) is 7.42. The van der Waals surface area contributed by atoms with Gasteiger partial charge in [-0.3, -0.25) is 9.69 Å². The van der Waals surface area contributed by atoms with Crippen molar-refractivity contribution in [2.24, 2.45) is 0 Å². The number of carbonyl (C=O) groups excluding carboxylic acids is 1. The van der Waals surface area contributed by atoms with E-state index in [0.717, 1.165) is 5.82 Å². The predicted molar refractivity (Wildman–Crippen MR) is 101 cm³/mol. The highest BCUT2D eigenvalue weighted by molar-refractivity contribution is 7.89. The highest BCUT2D eigenvalue weighted by Crippen LogP contribution is 2.39. The van der Waals surface area contributed by atoms with E-state index in [-0.39, 0.29) is 16.8 Å². The highest BCUT2D eigenvalue weighted by Gasteiger charge is 2.40. The molecular weight excluding hydrogens is 366 g/mol. The van der Waals surface area contributed by atoms with Gasteiger partial charge in [0, 0.05) is 37.7 Å². The summed E-state index contributed by atoms with van der Waals surface area (Å²) in [7, 11) is -1.71. The molecule has 0 radical (unpaired) electrons. The predicted octanol–water partition coefficient (Wildman–Crippen LogP) is 1.32. The number of hydrogen-bond donors (Lipinski definition) is 2. The standard InChI is InChI=1S/C18H23N5O3S/c1-18(2)13-10-12(4-5-14(13)21-17(18)24)27(25,26)23-9-8-22(3)15(11-23)16-19-6-7-20-16/h4-7,10,15H,8-9,11H2,1-3H3,(H,19,20)(H,21,24)/t15-/m1/s1. The summed E-state index contributed by atoms with van der Waals surface area (Å²) < 4.78 is 28.0. The molecule has 0 spiro atoms. The average molecular weight is 389 g/mol. The molecule has 8 nitrogen and oxygen atoms in total. The largest absolute Gasteiger partial charge is 0.347 e. The van der Waals surface area contributed by atoms with Crippen molar-refractivity contribution in [3.8, 4) is 0 Å². The van der Waals surface area contributed by atoms with Crippen molar-refractivity contribution in [1.82, 2.24) is 19.2 Å². The fraction of sp³-hybridized carbons (Fsp3) is 0.444. The molecule has 0 unspecified atom stereocenters. The quantitative estimate of drug-likeness (QED) is 0.825. The van der Waals surface area contributed by atoms with Crippen molar-refractivity contribution in [3.63, 3.8) is 0 Å². The second-order valence-electron chi connectivity index (χ2n) is 7.62. The normalized spacial score (nSPS) is 23.2. The summed E-state index contributed by atoms with van der Waals surface area (Å²) in [4.78, 5) is 21.8. The first-order valence-electron chi connectivity index (χ1n) is 8.87. The maximum absolute atomic E-state index is 13.3. The minimum absolute atomic E-state index is 0.121. The van der Waals surface area contributed by atoms with Crippen LogP contribution in [0.5, 0.6) is 0 Å². The zero-order valence-corrected chi connectivity index (χ0v) is 16.4. The molecule has 0 bridgehead atoms. The average Bonchev–Trinajstić information content (AvgIpc) is 3.23. The van der Waals surface area contributed by atoms with E-state index in [0.29, 0.717) is 30.9 Å². The van der Waals surface area contributed by atoms with Gasteiger partial charge in [0.05, 0.1) is 16.4 Å². The van der Waals surface area contributed by atoms with Crippen molar-refractivity contribution in [1.29, 1.82) is 0 Å². The van der Waals surface area contributed by atoms with Crippen molar-refractivity contribution < 1.29 is 13.2 Å². The van der Waals surface area contributed by atoms with Gasteiger partial charge in [0.2, 0.25) is 15.9 Å². The molecule has 2 aromatic rings. The van der Waals surface area contributed by atoms with Crippen LogP contribution in [-0.2, 0) is 20.2 Å². The Hall–Kier alpha value is -2.23. The molecule has 9 heteroatoms. The number of rotatable bonds is 3. The van der Waals surface area contributed by atoms with E-state index in [4.69, 9.17) is 0 Å². The number of fused-ring (bicyclic) bond motifs is 1. The van der Waals surface area contributed by atoms with Crippen LogP contribution in [0.1, 0.15) is 31.3 Å². The molecule has 1 aromatic carbocycles. The van der Waals surface area contributed by atoms with E-state index in [1.54, 1.807) is 44.4 Å². The summed E-state index contributed by atoms with van der Waals surface area (Å²) >= 11 is 0. The number of imidazole rings is 1. The van der Waals surface area contributed by atoms with Crippen LogP contribution in [0.25, 0.3) is 0 Å². The molecule has 0 saturated carbocycles. The number of benzene rings is 1. The van der Waals surface area contributed by atoms with Crippen LogP contribution in [0.3, 0.4) is 0 Å². The second-order valence-corrected chi connectivity index (χ2v) is 9.56. The lowest BCUT2D eigenvalue weighted by molar-refractivity contribution is -0.119. The van der Waals surface area contributed by atoms with Gasteiger partial charge < -0.3 is 10.3 Å². The SMILES string of the molecule is CN1CCN(S(=O)(=O)c2ccc3c(c2)C(C)(C)C(=O)N3)C[C@@H]1c1ncc[nH]1. The van der Waals surface area contributed by atoms with Crippen LogP contribution in [0.2, 0.25) is 0 Å². The number of H-pyrrole nitrogens is 1. The zero-order chi connectivity index (χ0) is 19.4. The first-order valence-corrected chi connectivity index (χ1v) is 10.3. The van der Waals surface area contributed by atoms with Crippen molar-refractivity contribution in [2.75, 3.05) is 32.0 Å². The van der Waals surface area contributed by atoms with Crippen LogP contribution in [-0.4, -0.2) is 60.2 Å². The monoisotopic (exact) mass is 389 g/mol. The number of amides is 1. The van der Waals surface area contributed by atoms with Gasteiger partial charge >= 0.3 is 0 Å². The number of carbonyl (C=O) groups is 1. The molecule has 0 aliphatic carbocycles. The van der Waals surface area contributed by atoms with Crippen molar-refractivity contribution >= 4 is 21.6 Å². The molecule has 2 N–H and O–H groups in total. The summed E-state index contributed by atoms with van der Waals surface area (Å²) in [6.07, 6.45) is 3.41. The molecule has 3 heterocycles. The molecule has 2 aliphatic rings. The molecule has 1 amide bonds. The van der Waals surface area contributed by atoms with Gasteiger partial charge in [0.25, 0.3) is 0 Å². The van der Waals surface area contributed by atoms with Crippen LogP contribution < -0.4 is 5.32 Å². The molecule has 4 rings (SSSR count). The molecule has 27 heavy (non-hydrogen) atoms. The Morgan fingerprint density at radius 1 is 1.26 bits per heavy atom. The third-order valence-electron chi connectivity index (χ3n) is 5.56. The van der Waals surface area contributed by atoms with E-state index >= 15 is 0 Å². The fourth-order valence-corrected chi connectivity index (χ4v) is 5.15. The van der Waals surface area contributed by atoms with Gasteiger partial charge in [0.1, 0.15) is 5.82 Å². The summed E-state index contributed by atoms with van der Waals surface area (Å²) in [5.74, 6) is 0.631. The van der Waals surface area contributed by atoms with E-state index < -0.39 is 15.4 Å². The van der Waals surface area contributed by atoms with Gasteiger partial charge in [0.15, 0.2) is 0 Å². The number of anilines is 1. The summed E-state index contributed by atoms with van der Waals surface area (Å²) in [5, 5.41) is 2.81. The summed E-state index contributed by atoms with van der Waals surface area (Å²) in [6, 6.07) is 4.74. The number of nitrogens with zero attached hydrogens (tertiary/aromatic N) is 3. The van der Waals surface area contributed by atoms with Crippen LogP contribution >= 0.6 is 0 Å². The summed E-state index contributed by atoms with van der Waals surface area (Å²) in [6.45, 7) is 4.94. The topological polar surface area (TPSA) is 98.4 Å². The number of sulfonamides is 1. The van der Waals surface area contributed by atoms with E-state index in [1.165, 1.54) is 4.31 Å². The maximum atomic E-state index is 13.3. The number of nitrogens with one attached hydrogen (secondary N) is 2. The zero-order valence-electron chi connectivity index (χ0n) is 15.6. The van der Waals surface area contributed by atoms with Gasteiger partial charge in [-0.05, 0) is 44.7 Å². The van der Waals surface area contributed by atoms with Crippen LogP contribution in [0.15, 0.2) is 35.5 Å². The fourth-order valence-electron chi connectivity index (χ4n) is 3.68. The smallest absolute Gasteiger partial charge is 0.243 e. The Labute approximate surface area is 158 Å². The number of aromatic amines is 1. The van der Waals surface area contributed by atoms with E-state index in [1.807, 2.05) is 7.05 Å². The minimum atomic E-state index is -3.67. The Morgan fingerprint density at radius 3 is 2.74 bits per heavy atom. The van der Waals surface area contributed by atoms with E-state index in [2.05, 4.69) is 20.2 Å². The molecule has 1 aromatic heterocycles. The Bertz CT molecular complexity index is 984. The molecule has 1 atom stereocenters. The van der Waals surface area contributed by atoms with Crippen LogP contribution in [0.4, 0.5) is 5.69 Å². The Balaban J connectivity index is 1.66. The lowest BCUT2D eigenvalue weighted by Gasteiger charge is -2.37. The number of aromatic nitrogens is 2. The minimum Gasteiger partial charge on any atom is -0.347 e. The lowest BCUT2D eigenvalue weighted by Crippen LogP contribution is -2.49.